The summed E-state index contributed by atoms with van der Waals surface area (Å²) in [5.74, 6) is 1.54. The molecular formula is C17H22N6O. The Balaban J connectivity index is 1.74. The number of rotatable bonds is 2. The minimum atomic E-state index is -0.106. The van der Waals surface area contributed by atoms with E-state index in [1.807, 2.05) is 32.0 Å². The summed E-state index contributed by atoms with van der Waals surface area (Å²) in [6, 6.07) is 1.84. The Labute approximate surface area is 141 Å². The van der Waals surface area contributed by atoms with Gasteiger partial charge in [-0.05, 0) is 19.4 Å². The summed E-state index contributed by atoms with van der Waals surface area (Å²) >= 11 is 0. The summed E-state index contributed by atoms with van der Waals surface area (Å²) in [4.78, 5) is 22.5. The highest BCUT2D eigenvalue weighted by molar-refractivity contribution is 5.44. The van der Waals surface area contributed by atoms with Crippen molar-refractivity contribution >= 4 is 11.9 Å². The molecule has 126 valence electrons. The predicted molar refractivity (Wildman–Crippen MR) is 91.3 cm³/mol. The first-order chi connectivity index (χ1) is 11.6. The van der Waals surface area contributed by atoms with E-state index in [1.54, 1.807) is 12.4 Å². The van der Waals surface area contributed by atoms with Crippen LogP contribution in [-0.2, 0) is 16.8 Å². The third-order valence-corrected chi connectivity index (χ3v) is 4.92. The van der Waals surface area contributed by atoms with Crippen LogP contribution in [0.3, 0.4) is 0 Å². The van der Waals surface area contributed by atoms with Crippen LogP contribution < -0.4 is 9.80 Å². The van der Waals surface area contributed by atoms with E-state index >= 15 is 0 Å². The van der Waals surface area contributed by atoms with Crippen molar-refractivity contribution in [1.82, 2.24) is 19.9 Å². The standard InChI is InChI=1S/C17H22N6O/c1-12-13-9-24-11-17(14(13)21-16(20-12)22(2)3)5-8-23(10-17)15-18-6-4-7-19-15/h4,6-7H,5,8-11H2,1-3H3/t17-/m0/s1. The molecule has 1 fully saturated rings. The summed E-state index contributed by atoms with van der Waals surface area (Å²) < 4.78 is 5.94. The minimum Gasteiger partial charge on any atom is -0.376 e. The van der Waals surface area contributed by atoms with E-state index in [4.69, 9.17) is 9.72 Å². The molecule has 1 spiro atoms. The van der Waals surface area contributed by atoms with E-state index in [9.17, 15) is 0 Å². The van der Waals surface area contributed by atoms with Crippen LogP contribution in [0.4, 0.5) is 11.9 Å². The van der Waals surface area contributed by atoms with Gasteiger partial charge in [-0.2, -0.15) is 0 Å². The predicted octanol–water partition coefficient (Wildman–Crippen LogP) is 1.32. The molecule has 0 saturated carbocycles. The van der Waals surface area contributed by atoms with Gasteiger partial charge in [0.2, 0.25) is 11.9 Å². The number of aromatic nitrogens is 4. The Kier molecular flexibility index (Phi) is 3.60. The van der Waals surface area contributed by atoms with Crippen molar-refractivity contribution in [3.63, 3.8) is 0 Å². The average molecular weight is 326 g/mol. The van der Waals surface area contributed by atoms with E-state index in [1.165, 1.54) is 0 Å². The Bertz CT molecular complexity index is 750. The first-order valence-electron chi connectivity index (χ1n) is 8.24. The lowest BCUT2D eigenvalue weighted by Crippen LogP contribution is -2.41. The quantitative estimate of drug-likeness (QED) is 0.824. The van der Waals surface area contributed by atoms with Crippen LogP contribution in [0.2, 0.25) is 0 Å². The maximum absolute atomic E-state index is 5.94. The fourth-order valence-electron chi connectivity index (χ4n) is 3.62. The van der Waals surface area contributed by atoms with Gasteiger partial charge in [0.05, 0.1) is 24.3 Å². The van der Waals surface area contributed by atoms with Crippen LogP contribution in [0.1, 0.15) is 23.4 Å². The van der Waals surface area contributed by atoms with Crippen molar-refractivity contribution in [2.45, 2.75) is 25.4 Å². The number of hydrogen-bond donors (Lipinski definition) is 0. The van der Waals surface area contributed by atoms with E-state index in [0.717, 1.165) is 48.4 Å². The molecule has 4 heterocycles. The third-order valence-electron chi connectivity index (χ3n) is 4.92. The molecular weight excluding hydrogens is 304 g/mol. The van der Waals surface area contributed by atoms with Crippen molar-refractivity contribution < 1.29 is 4.74 Å². The average Bonchev–Trinajstić information content (AvgIpc) is 3.01. The molecule has 1 atom stereocenters. The van der Waals surface area contributed by atoms with Gasteiger partial charge in [0.1, 0.15) is 0 Å². The molecule has 0 bridgehead atoms. The van der Waals surface area contributed by atoms with Gasteiger partial charge in [-0.25, -0.2) is 19.9 Å². The molecule has 24 heavy (non-hydrogen) atoms. The number of anilines is 2. The zero-order valence-electron chi connectivity index (χ0n) is 14.4. The zero-order chi connectivity index (χ0) is 16.7. The van der Waals surface area contributed by atoms with Crippen molar-refractivity contribution in [1.29, 1.82) is 0 Å². The molecule has 4 rings (SSSR count). The second kappa shape index (κ2) is 5.66. The molecule has 0 radical (unpaired) electrons. The van der Waals surface area contributed by atoms with Crippen LogP contribution in [0.5, 0.6) is 0 Å². The Morgan fingerprint density at radius 2 is 2.00 bits per heavy atom. The lowest BCUT2D eigenvalue weighted by Gasteiger charge is -2.35. The number of fused-ring (bicyclic) bond motifs is 2. The summed E-state index contributed by atoms with van der Waals surface area (Å²) in [7, 11) is 3.96. The maximum Gasteiger partial charge on any atom is 0.225 e. The normalized spacial score (nSPS) is 22.7. The molecule has 2 aromatic rings. The molecule has 2 aliphatic heterocycles. The Morgan fingerprint density at radius 1 is 1.21 bits per heavy atom. The molecule has 0 unspecified atom stereocenters. The summed E-state index contributed by atoms with van der Waals surface area (Å²) in [5.41, 5.74) is 3.19. The van der Waals surface area contributed by atoms with Crippen LogP contribution in [0, 0.1) is 6.92 Å². The van der Waals surface area contributed by atoms with Crippen molar-refractivity contribution in [3.8, 4) is 0 Å². The van der Waals surface area contributed by atoms with E-state index < -0.39 is 0 Å². The monoisotopic (exact) mass is 326 g/mol. The third kappa shape index (κ3) is 2.39. The molecule has 2 aromatic heterocycles. The molecule has 0 N–H and O–H groups in total. The second-order valence-electron chi connectivity index (χ2n) is 6.82. The molecule has 2 aliphatic rings. The molecule has 0 amide bonds. The number of ether oxygens (including phenoxy) is 1. The van der Waals surface area contributed by atoms with Gasteiger partial charge in [0.15, 0.2) is 0 Å². The SMILES string of the molecule is Cc1nc(N(C)C)nc2c1COC[C@@]21CCN(c2ncccn2)C1. The van der Waals surface area contributed by atoms with Gasteiger partial charge in [-0.1, -0.05) is 0 Å². The van der Waals surface area contributed by atoms with Crippen LogP contribution >= 0.6 is 0 Å². The lowest BCUT2D eigenvalue weighted by molar-refractivity contribution is 0.0552. The first kappa shape index (κ1) is 15.3. The zero-order valence-corrected chi connectivity index (χ0v) is 14.4. The molecule has 7 nitrogen and oxygen atoms in total. The first-order valence-corrected chi connectivity index (χ1v) is 8.24. The van der Waals surface area contributed by atoms with Crippen LogP contribution in [0.15, 0.2) is 18.5 Å². The van der Waals surface area contributed by atoms with Crippen molar-refractivity contribution in [3.05, 3.63) is 35.4 Å². The van der Waals surface area contributed by atoms with Gasteiger partial charge in [0, 0.05) is 50.8 Å². The van der Waals surface area contributed by atoms with Crippen molar-refractivity contribution in [2.75, 3.05) is 43.6 Å². The highest BCUT2D eigenvalue weighted by Crippen LogP contribution is 2.41. The van der Waals surface area contributed by atoms with Crippen LogP contribution in [-0.4, -0.2) is 53.7 Å². The molecule has 7 heteroatoms. The summed E-state index contributed by atoms with van der Waals surface area (Å²) in [6.45, 7) is 5.06. The number of hydrogen-bond acceptors (Lipinski definition) is 7. The topological polar surface area (TPSA) is 67.3 Å². The largest absolute Gasteiger partial charge is 0.376 e. The maximum atomic E-state index is 5.94. The highest BCUT2D eigenvalue weighted by Gasteiger charge is 2.46. The number of nitrogens with zero attached hydrogens (tertiary/aromatic N) is 6. The van der Waals surface area contributed by atoms with E-state index in [0.29, 0.717) is 13.2 Å². The fourth-order valence-corrected chi connectivity index (χ4v) is 3.62. The smallest absolute Gasteiger partial charge is 0.225 e. The highest BCUT2D eigenvalue weighted by atomic mass is 16.5. The van der Waals surface area contributed by atoms with E-state index in [2.05, 4.69) is 19.9 Å². The molecule has 0 aliphatic carbocycles. The van der Waals surface area contributed by atoms with Gasteiger partial charge in [-0.3, -0.25) is 0 Å². The lowest BCUT2D eigenvalue weighted by atomic mass is 9.80. The second-order valence-corrected chi connectivity index (χ2v) is 6.82. The molecule has 1 saturated heterocycles. The summed E-state index contributed by atoms with van der Waals surface area (Å²) in [6.07, 6.45) is 4.56. The van der Waals surface area contributed by atoms with Gasteiger partial charge < -0.3 is 14.5 Å². The number of aryl methyl sites for hydroxylation is 1. The van der Waals surface area contributed by atoms with Crippen LogP contribution in [0.25, 0.3) is 0 Å². The van der Waals surface area contributed by atoms with Gasteiger partial charge >= 0.3 is 0 Å². The van der Waals surface area contributed by atoms with E-state index in [-0.39, 0.29) is 5.41 Å². The molecule has 0 aromatic carbocycles. The Hall–Kier alpha value is -2.28. The van der Waals surface area contributed by atoms with Crippen molar-refractivity contribution in [2.24, 2.45) is 0 Å². The van der Waals surface area contributed by atoms with Gasteiger partial charge in [0.25, 0.3) is 0 Å². The summed E-state index contributed by atoms with van der Waals surface area (Å²) in [5, 5.41) is 0. The Morgan fingerprint density at radius 3 is 2.75 bits per heavy atom. The fraction of sp³-hybridized carbons (Fsp3) is 0.529. The van der Waals surface area contributed by atoms with Gasteiger partial charge in [-0.15, -0.1) is 0 Å². The minimum absolute atomic E-state index is 0.106.